The van der Waals surface area contributed by atoms with Crippen LogP contribution in [-0.4, -0.2) is 56.4 Å². The number of nitrogens with zero attached hydrogens (tertiary/aromatic N) is 2. The van der Waals surface area contributed by atoms with Gasteiger partial charge in [0.2, 0.25) is 0 Å². The number of pyridine rings is 1. The fraction of sp³-hybridized carbons (Fsp3) is 0.318. The molecule has 8 heteroatoms. The molecule has 2 heterocycles. The first-order valence-electron chi connectivity index (χ1n) is 9.77. The fourth-order valence-corrected chi connectivity index (χ4v) is 3.82. The van der Waals surface area contributed by atoms with Crippen LogP contribution in [0.3, 0.4) is 0 Å². The van der Waals surface area contributed by atoms with Crippen LogP contribution in [0.2, 0.25) is 10.0 Å². The predicted molar refractivity (Wildman–Crippen MR) is 121 cm³/mol. The zero-order valence-corrected chi connectivity index (χ0v) is 18.2. The van der Waals surface area contributed by atoms with E-state index in [4.69, 9.17) is 37.4 Å². The lowest BCUT2D eigenvalue weighted by Gasteiger charge is -2.26. The smallest absolute Gasteiger partial charge is 0.137 e. The molecule has 3 aromatic rings. The van der Waals surface area contributed by atoms with Gasteiger partial charge in [-0.15, -0.1) is 0 Å². The van der Waals surface area contributed by atoms with E-state index in [-0.39, 0.29) is 0 Å². The van der Waals surface area contributed by atoms with E-state index in [1.54, 1.807) is 19.2 Å². The first-order valence-corrected chi connectivity index (χ1v) is 10.5. The molecule has 30 heavy (non-hydrogen) atoms. The van der Waals surface area contributed by atoms with Gasteiger partial charge in [0.05, 0.1) is 35.9 Å². The number of aromatic nitrogens is 1. The van der Waals surface area contributed by atoms with Crippen molar-refractivity contribution in [3.05, 3.63) is 52.5 Å². The van der Waals surface area contributed by atoms with E-state index < -0.39 is 0 Å². The molecule has 1 saturated heterocycles. The van der Waals surface area contributed by atoms with Gasteiger partial charge in [0, 0.05) is 30.7 Å². The van der Waals surface area contributed by atoms with E-state index in [9.17, 15) is 0 Å². The number of methoxy groups -OCH3 is 1. The molecule has 0 radical (unpaired) electrons. The largest absolute Gasteiger partial charge is 0.495 e. The summed E-state index contributed by atoms with van der Waals surface area (Å²) < 4.78 is 16.6. The average Bonchev–Trinajstić information content (AvgIpc) is 2.76. The van der Waals surface area contributed by atoms with E-state index in [0.717, 1.165) is 49.7 Å². The summed E-state index contributed by atoms with van der Waals surface area (Å²) in [6, 6.07) is 13.0. The highest BCUT2D eigenvalue weighted by atomic mass is 35.5. The number of fused-ring (bicyclic) bond motifs is 1. The van der Waals surface area contributed by atoms with Crippen LogP contribution in [0.5, 0.6) is 11.5 Å². The zero-order chi connectivity index (χ0) is 20.9. The van der Waals surface area contributed by atoms with Crippen LogP contribution in [0.4, 0.5) is 11.5 Å². The van der Waals surface area contributed by atoms with Crippen molar-refractivity contribution in [2.24, 2.45) is 0 Å². The third kappa shape index (κ3) is 4.90. The Morgan fingerprint density at radius 2 is 1.83 bits per heavy atom. The molecular formula is C22H23Cl2N3O3. The van der Waals surface area contributed by atoms with Crippen molar-refractivity contribution in [2.45, 2.75) is 0 Å². The molecule has 1 aromatic heterocycles. The molecule has 4 rings (SSSR count). The lowest BCUT2D eigenvalue weighted by molar-refractivity contribution is 0.0323. The summed E-state index contributed by atoms with van der Waals surface area (Å²) in [5, 5.41) is 5.23. The summed E-state index contributed by atoms with van der Waals surface area (Å²) in [5.74, 6) is 2.06. The Morgan fingerprint density at radius 1 is 1.03 bits per heavy atom. The molecule has 0 bridgehead atoms. The van der Waals surface area contributed by atoms with E-state index >= 15 is 0 Å². The van der Waals surface area contributed by atoms with Gasteiger partial charge >= 0.3 is 0 Å². The van der Waals surface area contributed by atoms with Gasteiger partial charge in [-0.25, -0.2) is 4.98 Å². The third-order valence-corrected chi connectivity index (χ3v) is 5.56. The second-order valence-corrected chi connectivity index (χ2v) is 7.73. The maximum atomic E-state index is 6.42. The van der Waals surface area contributed by atoms with Crippen LogP contribution in [0.1, 0.15) is 0 Å². The molecule has 1 fully saturated rings. The highest BCUT2D eigenvalue weighted by molar-refractivity contribution is 6.35. The molecule has 0 unspecified atom stereocenters. The van der Waals surface area contributed by atoms with Crippen molar-refractivity contribution in [1.82, 2.24) is 9.88 Å². The second kappa shape index (κ2) is 9.71. The topological polar surface area (TPSA) is 55.8 Å². The first kappa shape index (κ1) is 21.0. The maximum Gasteiger partial charge on any atom is 0.137 e. The molecule has 0 saturated carbocycles. The summed E-state index contributed by atoms with van der Waals surface area (Å²) in [4.78, 5) is 7.01. The van der Waals surface area contributed by atoms with Gasteiger partial charge < -0.3 is 19.5 Å². The Hall–Kier alpha value is -2.25. The van der Waals surface area contributed by atoms with Gasteiger partial charge in [-0.05, 0) is 42.5 Å². The number of rotatable bonds is 7. The SMILES string of the molecule is COc1ccc(Nc2ccc3c(OCCN4CCOCC4)ccc(Cl)c3n2)cc1Cl. The lowest BCUT2D eigenvalue weighted by Crippen LogP contribution is -2.38. The number of halogens is 2. The molecule has 1 aliphatic rings. The number of hydrogen-bond donors (Lipinski definition) is 1. The molecule has 0 atom stereocenters. The molecular weight excluding hydrogens is 425 g/mol. The number of benzene rings is 2. The Bertz CT molecular complexity index is 1030. The van der Waals surface area contributed by atoms with E-state index in [1.165, 1.54) is 0 Å². The predicted octanol–water partition coefficient (Wildman–Crippen LogP) is 5.00. The lowest BCUT2D eigenvalue weighted by atomic mass is 10.2. The second-order valence-electron chi connectivity index (χ2n) is 6.91. The molecule has 1 N–H and O–H groups in total. The van der Waals surface area contributed by atoms with Crippen LogP contribution < -0.4 is 14.8 Å². The van der Waals surface area contributed by atoms with Crippen molar-refractivity contribution in [3.8, 4) is 11.5 Å². The van der Waals surface area contributed by atoms with Gasteiger partial charge in [0.15, 0.2) is 0 Å². The Morgan fingerprint density at radius 3 is 2.60 bits per heavy atom. The van der Waals surface area contributed by atoms with Gasteiger partial charge in [0.1, 0.15) is 23.9 Å². The number of nitrogens with one attached hydrogen (secondary N) is 1. The van der Waals surface area contributed by atoms with Gasteiger partial charge in [0.25, 0.3) is 0 Å². The molecule has 158 valence electrons. The van der Waals surface area contributed by atoms with Crippen LogP contribution >= 0.6 is 23.2 Å². The quantitative estimate of drug-likeness (QED) is 0.549. The summed E-state index contributed by atoms with van der Waals surface area (Å²) in [7, 11) is 1.59. The average molecular weight is 448 g/mol. The maximum absolute atomic E-state index is 6.42. The summed E-state index contributed by atoms with van der Waals surface area (Å²) in [6.45, 7) is 4.90. The van der Waals surface area contributed by atoms with Gasteiger partial charge in [-0.3, -0.25) is 4.90 Å². The van der Waals surface area contributed by atoms with Crippen molar-refractivity contribution < 1.29 is 14.2 Å². The molecule has 6 nitrogen and oxygen atoms in total. The van der Waals surface area contributed by atoms with Crippen LogP contribution in [0, 0.1) is 0 Å². The minimum Gasteiger partial charge on any atom is -0.495 e. The fourth-order valence-electron chi connectivity index (χ4n) is 3.35. The summed E-state index contributed by atoms with van der Waals surface area (Å²) >= 11 is 12.6. The van der Waals surface area contributed by atoms with E-state index in [0.29, 0.717) is 33.7 Å². The molecule has 2 aromatic carbocycles. The Balaban J connectivity index is 1.49. The normalized spacial score (nSPS) is 14.6. The van der Waals surface area contributed by atoms with E-state index in [2.05, 4.69) is 15.2 Å². The van der Waals surface area contributed by atoms with E-state index in [1.807, 2.05) is 30.3 Å². The molecule has 0 amide bonds. The molecule has 1 aliphatic heterocycles. The van der Waals surface area contributed by atoms with Crippen molar-refractivity contribution in [3.63, 3.8) is 0 Å². The molecule has 0 aliphatic carbocycles. The number of ether oxygens (including phenoxy) is 3. The highest BCUT2D eigenvalue weighted by Crippen LogP contribution is 2.33. The molecule has 0 spiro atoms. The van der Waals surface area contributed by atoms with Crippen molar-refractivity contribution >= 4 is 45.6 Å². The highest BCUT2D eigenvalue weighted by Gasteiger charge is 2.12. The van der Waals surface area contributed by atoms with Crippen molar-refractivity contribution in [2.75, 3.05) is 51.9 Å². The van der Waals surface area contributed by atoms with Crippen LogP contribution in [0.25, 0.3) is 10.9 Å². The standard InChI is InChI=1S/C22H23Cl2N3O3/c1-28-20-5-2-15(14-18(20)24)25-21-7-3-16-19(6-4-17(23)22(16)26-21)30-13-10-27-8-11-29-12-9-27/h2-7,14H,8-13H2,1H3,(H,25,26). The minimum atomic E-state index is 0.525. The van der Waals surface area contributed by atoms with Crippen LogP contribution in [0.15, 0.2) is 42.5 Å². The van der Waals surface area contributed by atoms with Crippen LogP contribution in [-0.2, 0) is 4.74 Å². The number of morpholine rings is 1. The summed E-state index contributed by atoms with van der Waals surface area (Å²) in [6.07, 6.45) is 0. The first-order chi connectivity index (χ1) is 14.6. The van der Waals surface area contributed by atoms with Gasteiger partial charge in [-0.1, -0.05) is 23.2 Å². The minimum absolute atomic E-state index is 0.525. The number of anilines is 2. The monoisotopic (exact) mass is 447 g/mol. The Labute approximate surface area is 185 Å². The Kier molecular flexibility index (Phi) is 6.79. The summed E-state index contributed by atoms with van der Waals surface area (Å²) in [5.41, 5.74) is 1.49. The third-order valence-electron chi connectivity index (χ3n) is 4.96. The number of hydrogen-bond acceptors (Lipinski definition) is 6. The zero-order valence-electron chi connectivity index (χ0n) is 16.7. The van der Waals surface area contributed by atoms with Crippen molar-refractivity contribution in [1.29, 1.82) is 0 Å². The van der Waals surface area contributed by atoms with Gasteiger partial charge in [-0.2, -0.15) is 0 Å².